The molecule has 0 saturated carbocycles. The maximum atomic E-state index is 12.9. The molecule has 2 atom stereocenters. The van der Waals surface area contributed by atoms with E-state index in [4.69, 9.17) is 15.2 Å². The van der Waals surface area contributed by atoms with Crippen LogP contribution in [0.2, 0.25) is 0 Å². The summed E-state index contributed by atoms with van der Waals surface area (Å²) in [6.07, 6.45) is 43.4. The van der Waals surface area contributed by atoms with Crippen LogP contribution < -0.4 is 22.7 Å². The SMILES string of the molecule is CCCCCCCCC=CCCCCCCCC(=O)OC(C)N1CC[N+](CCCN)(C(C)OC(=O)CCCCCCCC=CCCCCCCCC)CC1.[Br-]. The summed E-state index contributed by atoms with van der Waals surface area (Å²) in [5.74, 6) is -0.168. The average molecular weight is 841 g/mol. The fraction of sp³-hybridized carbons (Fsp3) is 0.872. The van der Waals surface area contributed by atoms with Gasteiger partial charge in [-0.1, -0.05) is 141 Å². The van der Waals surface area contributed by atoms with E-state index in [0.717, 1.165) is 69.3 Å². The molecule has 0 radical (unpaired) electrons. The van der Waals surface area contributed by atoms with Gasteiger partial charge < -0.3 is 32.2 Å². The van der Waals surface area contributed by atoms with E-state index in [2.05, 4.69) is 50.0 Å². The van der Waals surface area contributed by atoms with Crippen LogP contribution in [0.25, 0.3) is 0 Å². The minimum absolute atomic E-state index is 0. The summed E-state index contributed by atoms with van der Waals surface area (Å²) < 4.78 is 12.7. The fourth-order valence-electron chi connectivity index (χ4n) is 7.78. The smallest absolute Gasteiger partial charge is 0.310 e. The molecule has 0 bridgehead atoms. The highest BCUT2D eigenvalue weighted by atomic mass is 79.9. The third-order valence-electron chi connectivity index (χ3n) is 11.6. The fourth-order valence-corrected chi connectivity index (χ4v) is 7.78. The molecular formula is C47H90BrN3O4. The summed E-state index contributed by atoms with van der Waals surface area (Å²) in [4.78, 5) is 27.8. The van der Waals surface area contributed by atoms with Crippen LogP contribution in [0.15, 0.2) is 24.3 Å². The van der Waals surface area contributed by atoms with Crippen molar-refractivity contribution in [2.75, 3.05) is 39.3 Å². The standard InChI is InChI=1S/C47H90N3O4.BrH/c1-5-7-9-11-13-15-17-19-21-23-25-27-29-31-33-36-46(51)53-44(3)49-39-42-50(43-40-49,41-35-38-48)45(4)54-47(52)37-34-32-30-28-26-24-22-20-18-16-14-12-10-8-6-2;/h19-22,44-45H,5-18,23-43,48H2,1-4H3;1H/q+1;/p-1. The van der Waals surface area contributed by atoms with Gasteiger partial charge in [-0.15, -0.1) is 0 Å². The van der Waals surface area contributed by atoms with Gasteiger partial charge in [0.2, 0.25) is 6.23 Å². The molecule has 324 valence electrons. The lowest BCUT2D eigenvalue weighted by molar-refractivity contribution is -0.971. The Morgan fingerprint density at radius 3 is 1.33 bits per heavy atom. The van der Waals surface area contributed by atoms with E-state index in [9.17, 15) is 9.59 Å². The Bertz CT molecular complexity index is 937. The molecule has 1 aliphatic heterocycles. The predicted molar refractivity (Wildman–Crippen MR) is 230 cm³/mol. The van der Waals surface area contributed by atoms with Gasteiger partial charge in [0, 0.05) is 26.2 Å². The van der Waals surface area contributed by atoms with Crippen molar-refractivity contribution in [3.63, 3.8) is 0 Å². The Balaban J connectivity index is 0.0000292. The van der Waals surface area contributed by atoms with Gasteiger partial charge in [-0.3, -0.25) is 19.0 Å². The molecule has 55 heavy (non-hydrogen) atoms. The van der Waals surface area contributed by atoms with Crippen LogP contribution in [0.4, 0.5) is 0 Å². The molecule has 7 nitrogen and oxygen atoms in total. The highest BCUT2D eigenvalue weighted by molar-refractivity contribution is 5.69. The molecular weight excluding hydrogens is 750 g/mol. The second-order valence-corrected chi connectivity index (χ2v) is 16.4. The Morgan fingerprint density at radius 1 is 0.564 bits per heavy atom. The van der Waals surface area contributed by atoms with E-state index in [1.54, 1.807) is 0 Å². The molecule has 1 rings (SSSR count). The third kappa shape index (κ3) is 29.6. The predicted octanol–water partition coefficient (Wildman–Crippen LogP) is 9.33. The monoisotopic (exact) mass is 840 g/mol. The maximum absolute atomic E-state index is 12.9. The summed E-state index contributed by atoms with van der Waals surface area (Å²) in [7, 11) is 0. The second kappa shape index (κ2) is 38.3. The van der Waals surface area contributed by atoms with E-state index in [-0.39, 0.29) is 41.4 Å². The van der Waals surface area contributed by atoms with Crippen LogP contribution in [0.5, 0.6) is 0 Å². The van der Waals surface area contributed by atoms with Crippen molar-refractivity contribution < 1.29 is 40.5 Å². The number of unbranched alkanes of at least 4 members (excludes halogenated alkanes) is 22. The molecule has 0 spiro atoms. The number of hydrogen-bond acceptors (Lipinski definition) is 6. The first-order valence-corrected chi connectivity index (χ1v) is 23.4. The van der Waals surface area contributed by atoms with Crippen LogP contribution in [-0.2, 0) is 19.1 Å². The van der Waals surface area contributed by atoms with Crippen molar-refractivity contribution in [1.82, 2.24) is 4.90 Å². The van der Waals surface area contributed by atoms with Crippen LogP contribution in [0.1, 0.15) is 214 Å². The van der Waals surface area contributed by atoms with Crippen molar-refractivity contribution in [2.24, 2.45) is 5.73 Å². The molecule has 0 aromatic rings. The first-order chi connectivity index (χ1) is 26.4. The zero-order valence-corrected chi connectivity index (χ0v) is 38.3. The van der Waals surface area contributed by atoms with Crippen LogP contribution >= 0.6 is 0 Å². The zero-order valence-electron chi connectivity index (χ0n) is 36.7. The highest BCUT2D eigenvalue weighted by Gasteiger charge is 2.40. The number of piperazine rings is 1. The number of carbonyl (C=O) groups excluding carboxylic acids is 2. The van der Waals surface area contributed by atoms with Crippen LogP contribution in [0, 0.1) is 0 Å². The zero-order chi connectivity index (χ0) is 39.4. The van der Waals surface area contributed by atoms with E-state index in [0.29, 0.717) is 19.4 Å². The van der Waals surface area contributed by atoms with Crippen molar-refractivity contribution in [2.45, 2.75) is 226 Å². The summed E-state index contributed by atoms with van der Waals surface area (Å²) in [6, 6.07) is 0. The number of rotatable bonds is 37. The molecule has 2 unspecified atom stereocenters. The number of hydrogen-bond donors (Lipinski definition) is 1. The lowest BCUT2D eigenvalue weighted by atomic mass is 10.1. The molecule has 0 aromatic carbocycles. The number of halogens is 1. The lowest BCUT2D eigenvalue weighted by Gasteiger charge is -2.48. The van der Waals surface area contributed by atoms with Crippen LogP contribution in [0.3, 0.4) is 0 Å². The number of quaternary nitrogens is 1. The number of nitrogens with two attached hydrogens (primary N) is 1. The summed E-state index contributed by atoms with van der Waals surface area (Å²) >= 11 is 0. The number of carbonyl (C=O) groups is 2. The van der Waals surface area contributed by atoms with Gasteiger partial charge in [0.25, 0.3) is 0 Å². The number of esters is 2. The van der Waals surface area contributed by atoms with Gasteiger partial charge in [-0.2, -0.15) is 0 Å². The normalized spacial score (nSPS) is 15.7. The van der Waals surface area contributed by atoms with E-state index in [1.165, 1.54) is 141 Å². The van der Waals surface area contributed by atoms with Gasteiger partial charge >= 0.3 is 11.9 Å². The number of allylic oxidation sites excluding steroid dienone is 4. The second-order valence-electron chi connectivity index (χ2n) is 16.4. The van der Waals surface area contributed by atoms with Crippen molar-refractivity contribution in [3.05, 3.63) is 24.3 Å². The Kier molecular flexibility index (Phi) is 37.5. The molecule has 1 saturated heterocycles. The minimum atomic E-state index is -0.240. The van der Waals surface area contributed by atoms with Gasteiger partial charge in [0.05, 0.1) is 32.7 Å². The third-order valence-corrected chi connectivity index (χ3v) is 11.6. The lowest BCUT2D eigenvalue weighted by Crippen LogP contribution is -3.00. The molecule has 1 fully saturated rings. The summed E-state index contributed by atoms with van der Waals surface area (Å²) in [5, 5.41) is 0. The van der Waals surface area contributed by atoms with E-state index < -0.39 is 0 Å². The topological polar surface area (TPSA) is 81.9 Å². The molecule has 8 heteroatoms. The molecule has 0 amide bonds. The quantitative estimate of drug-likeness (QED) is 0.0291. The highest BCUT2D eigenvalue weighted by Crippen LogP contribution is 2.23. The van der Waals surface area contributed by atoms with Crippen molar-refractivity contribution in [3.8, 4) is 0 Å². The van der Waals surface area contributed by atoms with Crippen molar-refractivity contribution in [1.29, 1.82) is 0 Å². The Hall–Kier alpha value is -1.22. The number of nitrogens with zero attached hydrogens (tertiary/aromatic N) is 2. The summed E-state index contributed by atoms with van der Waals surface area (Å²) in [6.45, 7) is 13.5. The Morgan fingerprint density at radius 2 is 0.927 bits per heavy atom. The van der Waals surface area contributed by atoms with Gasteiger partial charge in [-0.25, -0.2) is 0 Å². The molecule has 2 N–H and O–H groups in total. The minimum Gasteiger partial charge on any atom is -1.00 e. The van der Waals surface area contributed by atoms with Gasteiger partial charge in [0.15, 0.2) is 6.23 Å². The van der Waals surface area contributed by atoms with E-state index >= 15 is 0 Å². The molecule has 0 aromatic heterocycles. The number of ether oxygens (including phenoxy) is 2. The largest absolute Gasteiger partial charge is 1.00 e. The molecule has 1 heterocycles. The molecule has 0 aliphatic carbocycles. The van der Waals surface area contributed by atoms with Gasteiger partial charge in [-0.05, 0) is 77.7 Å². The Labute approximate surface area is 351 Å². The average Bonchev–Trinajstić information content (AvgIpc) is 3.17. The molecule has 1 aliphatic rings. The summed E-state index contributed by atoms with van der Waals surface area (Å²) in [5.41, 5.74) is 5.93. The maximum Gasteiger partial charge on any atom is 0.310 e. The van der Waals surface area contributed by atoms with Crippen molar-refractivity contribution >= 4 is 11.9 Å². The first-order valence-electron chi connectivity index (χ1n) is 23.4. The first kappa shape index (κ1) is 53.8. The van der Waals surface area contributed by atoms with Gasteiger partial charge in [0.1, 0.15) is 0 Å². The van der Waals surface area contributed by atoms with E-state index in [1.807, 2.05) is 6.92 Å². The van der Waals surface area contributed by atoms with Crippen LogP contribution in [-0.4, -0.2) is 73.0 Å².